The SMILES string of the molecule is CC/C=C\C/C=C\C/C=C\C/C=C\C/C=C\C/C=C\C/C=C\C/C=C\CCCCCCCCCCC(=O)OCC(COC(=O)CCCCCCC)OC(=O)CCCCCCCCC. The highest BCUT2D eigenvalue weighted by molar-refractivity contribution is 5.71. The van der Waals surface area contributed by atoms with Gasteiger partial charge in [0, 0.05) is 19.3 Å². The number of ether oxygens (including phenoxy) is 3. The molecule has 0 aromatic rings. The van der Waals surface area contributed by atoms with Crippen LogP contribution in [0, 0.1) is 0 Å². The Morgan fingerprint density at radius 3 is 0.968 bits per heavy atom. The highest BCUT2D eigenvalue weighted by Crippen LogP contribution is 2.13. The second kappa shape index (κ2) is 51.0. The largest absolute Gasteiger partial charge is 0.462 e. The van der Waals surface area contributed by atoms with E-state index in [9.17, 15) is 14.4 Å². The van der Waals surface area contributed by atoms with Crippen molar-refractivity contribution in [1.29, 1.82) is 0 Å². The zero-order chi connectivity index (χ0) is 45.8. The zero-order valence-electron chi connectivity index (χ0n) is 40.8. The van der Waals surface area contributed by atoms with Gasteiger partial charge in [0.2, 0.25) is 0 Å². The van der Waals surface area contributed by atoms with Crippen molar-refractivity contribution < 1.29 is 28.6 Å². The normalized spacial score (nSPS) is 12.9. The lowest BCUT2D eigenvalue weighted by Crippen LogP contribution is -2.30. The molecule has 0 saturated carbocycles. The van der Waals surface area contributed by atoms with Crippen LogP contribution < -0.4 is 0 Å². The summed E-state index contributed by atoms with van der Waals surface area (Å²) in [5.41, 5.74) is 0. The van der Waals surface area contributed by atoms with Gasteiger partial charge in [0.05, 0.1) is 0 Å². The Kier molecular flexibility index (Phi) is 48.0. The molecule has 0 aliphatic rings. The van der Waals surface area contributed by atoms with Gasteiger partial charge in [-0.05, 0) is 83.5 Å². The van der Waals surface area contributed by atoms with Gasteiger partial charge in [0.15, 0.2) is 6.10 Å². The van der Waals surface area contributed by atoms with Crippen LogP contribution in [-0.4, -0.2) is 37.2 Å². The molecule has 6 nitrogen and oxygen atoms in total. The lowest BCUT2D eigenvalue weighted by molar-refractivity contribution is -0.167. The maximum absolute atomic E-state index is 12.6. The van der Waals surface area contributed by atoms with Crippen molar-refractivity contribution in [2.24, 2.45) is 0 Å². The van der Waals surface area contributed by atoms with Crippen molar-refractivity contribution in [2.75, 3.05) is 13.2 Å². The van der Waals surface area contributed by atoms with Gasteiger partial charge in [-0.2, -0.15) is 0 Å². The lowest BCUT2D eigenvalue weighted by Gasteiger charge is -2.18. The third-order valence-corrected chi connectivity index (χ3v) is 10.6. The van der Waals surface area contributed by atoms with Crippen molar-refractivity contribution >= 4 is 17.9 Å². The van der Waals surface area contributed by atoms with Gasteiger partial charge in [0.25, 0.3) is 0 Å². The van der Waals surface area contributed by atoms with Crippen LogP contribution in [0.25, 0.3) is 0 Å². The predicted octanol–water partition coefficient (Wildman–Crippen LogP) is 17.0. The fourth-order valence-electron chi connectivity index (χ4n) is 6.75. The van der Waals surface area contributed by atoms with E-state index < -0.39 is 6.10 Å². The van der Waals surface area contributed by atoms with E-state index in [1.54, 1.807) is 0 Å². The molecule has 0 bridgehead atoms. The molecule has 0 aliphatic heterocycles. The second-order valence-electron chi connectivity index (χ2n) is 16.7. The van der Waals surface area contributed by atoms with Crippen LogP contribution in [0.2, 0.25) is 0 Å². The maximum Gasteiger partial charge on any atom is 0.306 e. The summed E-state index contributed by atoms with van der Waals surface area (Å²) in [6.45, 7) is 6.37. The summed E-state index contributed by atoms with van der Waals surface area (Å²) < 4.78 is 16.5. The summed E-state index contributed by atoms with van der Waals surface area (Å²) in [5, 5.41) is 0. The number of hydrogen-bond acceptors (Lipinski definition) is 6. The molecular formula is C57H94O6. The predicted molar refractivity (Wildman–Crippen MR) is 270 cm³/mol. The van der Waals surface area contributed by atoms with E-state index in [-0.39, 0.29) is 31.1 Å². The van der Waals surface area contributed by atoms with E-state index in [1.165, 1.54) is 64.2 Å². The van der Waals surface area contributed by atoms with Crippen LogP contribution in [-0.2, 0) is 28.6 Å². The monoisotopic (exact) mass is 875 g/mol. The first-order valence-corrected chi connectivity index (χ1v) is 25.7. The molecule has 0 rings (SSSR count). The van der Waals surface area contributed by atoms with Crippen LogP contribution in [0.4, 0.5) is 0 Å². The number of carbonyl (C=O) groups excluding carboxylic acids is 3. The van der Waals surface area contributed by atoms with E-state index in [1.807, 2.05) is 0 Å². The molecule has 0 radical (unpaired) electrons. The first kappa shape index (κ1) is 59.3. The average Bonchev–Trinajstić information content (AvgIpc) is 3.28. The van der Waals surface area contributed by atoms with Crippen molar-refractivity contribution in [1.82, 2.24) is 0 Å². The number of carbonyl (C=O) groups is 3. The van der Waals surface area contributed by atoms with Crippen LogP contribution in [0.1, 0.15) is 226 Å². The van der Waals surface area contributed by atoms with Crippen molar-refractivity contribution in [3.05, 3.63) is 97.2 Å². The number of rotatable bonds is 45. The molecule has 0 N–H and O–H groups in total. The standard InChI is InChI=1S/C57H94O6/c1-4-7-10-13-15-16-17-18-19-20-21-22-23-24-25-26-27-28-29-30-31-32-33-34-35-36-37-38-39-40-42-44-47-50-56(59)62-53-54(52-61-55(58)49-46-43-12-9-6-3)63-57(60)51-48-45-41-14-11-8-5-2/h7,10,15-16,18-19,21-22,24-25,27-28,30-31,33-34,54H,4-6,8-9,11-14,17,20,23,26,29,32,35-53H2,1-3H3/b10-7-,16-15-,19-18-,22-21-,25-24-,28-27-,31-30-,34-33-. The first-order valence-electron chi connectivity index (χ1n) is 25.7. The molecule has 0 aromatic carbocycles. The molecule has 63 heavy (non-hydrogen) atoms. The molecule has 6 heteroatoms. The smallest absolute Gasteiger partial charge is 0.306 e. The Morgan fingerprint density at radius 2 is 0.619 bits per heavy atom. The number of esters is 3. The average molecular weight is 875 g/mol. The molecule has 0 spiro atoms. The quantitative estimate of drug-likeness (QED) is 0.0262. The van der Waals surface area contributed by atoms with Crippen LogP contribution >= 0.6 is 0 Å². The van der Waals surface area contributed by atoms with E-state index in [0.29, 0.717) is 19.3 Å². The third kappa shape index (κ3) is 49.2. The molecule has 1 unspecified atom stereocenters. The molecule has 0 amide bonds. The van der Waals surface area contributed by atoms with Gasteiger partial charge in [0.1, 0.15) is 13.2 Å². The summed E-state index contributed by atoms with van der Waals surface area (Å²) in [7, 11) is 0. The Hall–Kier alpha value is -3.67. The van der Waals surface area contributed by atoms with Crippen LogP contribution in [0.5, 0.6) is 0 Å². The fraction of sp³-hybridized carbons (Fsp3) is 0.667. The minimum Gasteiger partial charge on any atom is -0.462 e. The number of allylic oxidation sites excluding steroid dienone is 16. The summed E-state index contributed by atoms with van der Waals surface area (Å²) in [6, 6.07) is 0. The van der Waals surface area contributed by atoms with Crippen molar-refractivity contribution in [3.8, 4) is 0 Å². The van der Waals surface area contributed by atoms with Crippen LogP contribution in [0.3, 0.4) is 0 Å². The molecular weight excluding hydrogens is 781 g/mol. The van der Waals surface area contributed by atoms with Gasteiger partial charge in [-0.1, -0.05) is 221 Å². The van der Waals surface area contributed by atoms with Gasteiger partial charge in [-0.25, -0.2) is 0 Å². The van der Waals surface area contributed by atoms with Gasteiger partial charge >= 0.3 is 17.9 Å². The molecule has 358 valence electrons. The van der Waals surface area contributed by atoms with Gasteiger partial charge < -0.3 is 14.2 Å². The topological polar surface area (TPSA) is 78.9 Å². The van der Waals surface area contributed by atoms with Crippen molar-refractivity contribution in [2.45, 2.75) is 232 Å². The molecule has 1 atom stereocenters. The van der Waals surface area contributed by atoms with E-state index >= 15 is 0 Å². The zero-order valence-corrected chi connectivity index (χ0v) is 40.8. The van der Waals surface area contributed by atoms with Crippen molar-refractivity contribution in [3.63, 3.8) is 0 Å². The molecule has 0 aliphatic carbocycles. The lowest BCUT2D eigenvalue weighted by atomic mass is 10.1. The highest BCUT2D eigenvalue weighted by atomic mass is 16.6. The van der Waals surface area contributed by atoms with E-state index in [0.717, 1.165) is 122 Å². The molecule has 0 fully saturated rings. The summed E-state index contributed by atoms with van der Waals surface area (Å²) in [6.07, 6.45) is 67.5. The van der Waals surface area contributed by atoms with Gasteiger partial charge in [-0.3, -0.25) is 14.4 Å². The molecule has 0 heterocycles. The van der Waals surface area contributed by atoms with Crippen LogP contribution in [0.15, 0.2) is 97.2 Å². The second-order valence-corrected chi connectivity index (χ2v) is 16.7. The molecule has 0 aromatic heterocycles. The highest BCUT2D eigenvalue weighted by Gasteiger charge is 2.19. The van der Waals surface area contributed by atoms with Gasteiger partial charge in [-0.15, -0.1) is 0 Å². The Bertz CT molecular complexity index is 1280. The fourth-order valence-corrected chi connectivity index (χ4v) is 6.75. The Balaban J connectivity index is 3.97. The summed E-state index contributed by atoms with van der Waals surface area (Å²) in [5.74, 6) is -0.915. The minimum atomic E-state index is -0.771. The summed E-state index contributed by atoms with van der Waals surface area (Å²) in [4.78, 5) is 37.4. The number of hydrogen-bond donors (Lipinski definition) is 0. The number of unbranched alkanes of at least 4 members (excludes halogenated alkanes) is 18. The Labute approximate surface area is 387 Å². The molecule has 0 saturated heterocycles. The third-order valence-electron chi connectivity index (χ3n) is 10.6. The first-order chi connectivity index (χ1) is 31.0. The maximum atomic E-state index is 12.6. The Morgan fingerprint density at radius 1 is 0.333 bits per heavy atom. The van der Waals surface area contributed by atoms with E-state index in [2.05, 4.69) is 118 Å². The minimum absolute atomic E-state index is 0.0796. The van der Waals surface area contributed by atoms with E-state index in [4.69, 9.17) is 14.2 Å². The summed E-state index contributed by atoms with van der Waals surface area (Å²) >= 11 is 0.